The lowest BCUT2D eigenvalue weighted by Crippen LogP contribution is -2.38. The third-order valence-corrected chi connectivity index (χ3v) is 4.02. The van der Waals surface area contributed by atoms with Crippen molar-refractivity contribution >= 4 is 5.91 Å². The summed E-state index contributed by atoms with van der Waals surface area (Å²) >= 11 is 0. The maximum Gasteiger partial charge on any atom is 0.220 e. The van der Waals surface area contributed by atoms with Crippen LogP contribution in [0.15, 0.2) is 24.3 Å². The lowest BCUT2D eigenvalue weighted by molar-refractivity contribution is -0.122. The van der Waals surface area contributed by atoms with E-state index in [1.54, 1.807) is 0 Å². The van der Waals surface area contributed by atoms with E-state index in [0.29, 0.717) is 12.5 Å². The van der Waals surface area contributed by atoms with Crippen LogP contribution in [0.1, 0.15) is 50.2 Å². The number of amides is 1. The van der Waals surface area contributed by atoms with Crippen LogP contribution < -0.4 is 5.32 Å². The van der Waals surface area contributed by atoms with E-state index in [4.69, 9.17) is 0 Å². The van der Waals surface area contributed by atoms with Gasteiger partial charge in [0.2, 0.25) is 5.91 Å². The number of nitrogens with one attached hydrogen (secondary N) is 1. The van der Waals surface area contributed by atoms with E-state index in [9.17, 15) is 4.79 Å². The molecule has 1 amide bonds. The van der Waals surface area contributed by atoms with Crippen molar-refractivity contribution in [2.45, 2.75) is 58.4 Å². The number of carbonyl (C=O) groups is 1. The maximum absolute atomic E-state index is 12.0. The van der Waals surface area contributed by atoms with E-state index in [-0.39, 0.29) is 5.91 Å². The van der Waals surface area contributed by atoms with Gasteiger partial charge in [-0.25, -0.2) is 0 Å². The third kappa shape index (κ3) is 4.70. The summed E-state index contributed by atoms with van der Waals surface area (Å²) < 4.78 is 0. The van der Waals surface area contributed by atoms with Crippen molar-refractivity contribution < 1.29 is 4.79 Å². The Bertz CT molecular complexity index is 427. The van der Waals surface area contributed by atoms with E-state index in [1.165, 1.54) is 24.0 Å². The summed E-state index contributed by atoms with van der Waals surface area (Å²) in [5, 5.41) is 3.20. The molecule has 19 heavy (non-hydrogen) atoms. The quantitative estimate of drug-likeness (QED) is 0.879. The molecular formula is C17H25NO. The molecule has 2 rings (SSSR count). The number of rotatable bonds is 4. The summed E-state index contributed by atoms with van der Waals surface area (Å²) in [6.07, 6.45) is 6.32. The summed E-state index contributed by atoms with van der Waals surface area (Å²) in [6.45, 7) is 4.37. The first-order valence-corrected chi connectivity index (χ1v) is 7.48. The Morgan fingerprint density at radius 1 is 1.37 bits per heavy atom. The summed E-state index contributed by atoms with van der Waals surface area (Å²) in [5.74, 6) is 0.969. The predicted octanol–water partition coefficient (Wildman–Crippen LogP) is 3.62. The van der Waals surface area contributed by atoms with E-state index in [0.717, 1.165) is 25.2 Å². The smallest absolute Gasteiger partial charge is 0.220 e. The lowest BCUT2D eigenvalue weighted by Gasteiger charge is -2.27. The van der Waals surface area contributed by atoms with Crippen LogP contribution in [0.5, 0.6) is 0 Å². The topological polar surface area (TPSA) is 29.1 Å². The molecule has 1 aromatic carbocycles. The van der Waals surface area contributed by atoms with Crippen LogP contribution in [0.25, 0.3) is 0 Å². The summed E-state index contributed by atoms with van der Waals surface area (Å²) in [7, 11) is 0. The first kappa shape index (κ1) is 14.1. The van der Waals surface area contributed by atoms with E-state index in [1.807, 2.05) is 0 Å². The predicted molar refractivity (Wildman–Crippen MR) is 79.1 cm³/mol. The molecule has 2 atom stereocenters. The molecule has 0 radical (unpaired) electrons. The molecule has 2 nitrogen and oxygen atoms in total. The van der Waals surface area contributed by atoms with Gasteiger partial charge in [0.1, 0.15) is 0 Å². The largest absolute Gasteiger partial charge is 0.353 e. The van der Waals surface area contributed by atoms with Gasteiger partial charge in [-0.05, 0) is 37.7 Å². The first-order chi connectivity index (χ1) is 9.13. The van der Waals surface area contributed by atoms with Crippen LogP contribution in [0.3, 0.4) is 0 Å². The Labute approximate surface area is 116 Å². The number of hydrogen-bond donors (Lipinski definition) is 1. The van der Waals surface area contributed by atoms with Crippen molar-refractivity contribution in [3.05, 3.63) is 35.4 Å². The first-order valence-electron chi connectivity index (χ1n) is 7.48. The van der Waals surface area contributed by atoms with Crippen molar-refractivity contribution in [2.75, 3.05) is 0 Å². The Morgan fingerprint density at radius 3 is 2.95 bits per heavy atom. The van der Waals surface area contributed by atoms with E-state index in [2.05, 4.69) is 43.4 Å². The van der Waals surface area contributed by atoms with Gasteiger partial charge in [0, 0.05) is 12.5 Å². The lowest BCUT2D eigenvalue weighted by atomic mass is 9.87. The van der Waals surface area contributed by atoms with Crippen molar-refractivity contribution in [1.29, 1.82) is 0 Å². The van der Waals surface area contributed by atoms with Crippen LogP contribution in [0.2, 0.25) is 0 Å². The molecule has 1 aromatic rings. The highest BCUT2D eigenvalue weighted by Crippen LogP contribution is 2.23. The van der Waals surface area contributed by atoms with Crippen molar-refractivity contribution in [3.8, 4) is 0 Å². The van der Waals surface area contributed by atoms with Gasteiger partial charge in [0.15, 0.2) is 0 Å². The SMILES string of the molecule is Cc1cccc(CCC(=O)NC2CCCC(C)C2)c1. The van der Waals surface area contributed by atoms with Crippen molar-refractivity contribution in [1.82, 2.24) is 5.32 Å². The van der Waals surface area contributed by atoms with Crippen LogP contribution in [0.4, 0.5) is 0 Å². The molecule has 0 aliphatic heterocycles. The molecule has 1 aliphatic carbocycles. The van der Waals surface area contributed by atoms with Gasteiger partial charge in [0.25, 0.3) is 0 Å². The zero-order valence-electron chi connectivity index (χ0n) is 12.1. The molecule has 1 saturated carbocycles. The summed E-state index contributed by atoms with van der Waals surface area (Å²) in [6, 6.07) is 8.82. The van der Waals surface area contributed by atoms with Gasteiger partial charge in [-0.3, -0.25) is 4.79 Å². The van der Waals surface area contributed by atoms with Gasteiger partial charge in [-0.15, -0.1) is 0 Å². The molecule has 1 aliphatic rings. The van der Waals surface area contributed by atoms with E-state index < -0.39 is 0 Å². The molecule has 0 bridgehead atoms. The molecule has 1 fully saturated rings. The minimum absolute atomic E-state index is 0.209. The number of hydrogen-bond acceptors (Lipinski definition) is 1. The molecule has 0 aromatic heterocycles. The van der Waals surface area contributed by atoms with Crippen molar-refractivity contribution in [2.24, 2.45) is 5.92 Å². The Morgan fingerprint density at radius 2 is 2.21 bits per heavy atom. The average molecular weight is 259 g/mol. The Balaban J connectivity index is 1.75. The second-order valence-corrected chi connectivity index (χ2v) is 6.03. The molecule has 104 valence electrons. The highest BCUT2D eigenvalue weighted by atomic mass is 16.1. The van der Waals surface area contributed by atoms with Crippen LogP contribution in [-0.2, 0) is 11.2 Å². The fourth-order valence-corrected chi connectivity index (χ4v) is 2.99. The standard InChI is InChI=1S/C17H25NO/c1-13-5-3-7-15(11-13)9-10-17(19)18-16-8-4-6-14(2)12-16/h3,5,7,11,14,16H,4,6,8-10,12H2,1-2H3,(H,18,19). The number of carbonyl (C=O) groups excluding carboxylic acids is 1. The minimum Gasteiger partial charge on any atom is -0.353 e. The second kappa shape index (κ2) is 6.74. The Kier molecular flexibility index (Phi) is 5.00. The van der Waals surface area contributed by atoms with Gasteiger partial charge in [-0.1, -0.05) is 49.6 Å². The molecule has 2 unspecified atom stereocenters. The van der Waals surface area contributed by atoms with Crippen LogP contribution in [-0.4, -0.2) is 11.9 Å². The molecule has 0 saturated heterocycles. The highest BCUT2D eigenvalue weighted by molar-refractivity contribution is 5.76. The fourth-order valence-electron chi connectivity index (χ4n) is 2.99. The fraction of sp³-hybridized carbons (Fsp3) is 0.588. The maximum atomic E-state index is 12.0. The third-order valence-electron chi connectivity index (χ3n) is 4.02. The minimum atomic E-state index is 0.209. The van der Waals surface area contributed by atoms with E-state index >= 15 is 0 Å². The van der Waals surface area contributed by atoms with Crippen LogP contribution >= 0.6 is 0 Å². The van der Waals surface area contributed by atoms with Gasteiger partial charge < -0.3 is 5.32 Å². The number of aryl methyl sites for hydroxylation is 2. The Hall–Kier alpha value is -1.31. The summed E-state index contributed by atoms with van der Waals surface area (Å²) in [4.78, 5) is 12.0. The van der Waals surface area contributed by atoms with Crippen molar-refractivity contribution in [3.63, 3.8) is 0 Å². The van der Waals surface area contributed by atoms with Gasteiger partial charge in [0.05, 0.1) is 0 Å². The molecule has 1 N–H and O–H groups in total. The average Bonchev–Trinajstić information content (AvgIpc) is 2.36. The highest BCUT2D eigenvalue weighted by Gasteiger charge is 2.20. The normalized spacial score (nSPS) is 23.1. The molecular weight excluding hydrogens is 234 g/mol. The monoisotopic (exact) mass is 259 g/mol. The molecule has 2 heteroatoms. The molecule has 0 spiro atoms. The second-order valence-electron chi connectivity index (χ2n) is 6.03. The van der Waals surface area contributed by atoms with Gasteiger partial charge >= 0.3 is 0 Å². The zero-order chi connectivity index (χ0) is 13.7. The summed E-state index contributed by atoms with van der Waals surface area (Å²) in [5.41, 5.74) is 2.52. The molecule has 0 heterocycles. The van der Waals surface area contributed by atoms with Gasteiger partial charge in [-0.2, -0.15) is 0 Å². The number of benzene rings is 1. The zero-order valence-corrected chi connectivity index (χ0v) is 12.1. The van der Waals surface area contributed by atoms with Crippen LogP contribution in [0, 0.1) is 12.8 Å².